The van der Waals surface area contributed by atoms with E-state index in [0.717, 1.165) is 12.4 Å². The topological polar surface area (TPSA) is 60.9 Å². The minimum Gasteiger partial charge on any atom is -0.300 e. The maximum absolute atomic E-state index is 4.93. The first-order valence-electron chi connectivity index (χ1n) is 3.45. The van der Waals surface area contributed by atoms with Gasteiger partial charge in [0.2, 0.25) is 0 Å². The van der Waals surface area contributed by atoms with E-state index in [1.54, 1.807) is 7.05 Å². The van der Waals surface area contributed by atoms with Crippen molar-refractivity contribution in [2.75, 3.05) is 20.2 Å². The summed E-state index contributed by atoms with van der Waals surface area (Å²) in [6.07, 6.45) is 0. The lowest BCUT2D eigenvalue weighted by Crippen LogP contribution is -2.42. The fraction of sp³-hybridized carbons (Fsp3) is 0.800. The van der Waals surface area contributed by atoms with Crippen LogP contribution in [0.3, 0.4) is 0 Å². The summed E-state index contributed by atoms with van der Waals surface area (Å²) in [4.78, 5) is 4.93. The summed E-state index contributed by atoms with van der Waals surface area (Å²) >= 11 is 0. The van der Waals surface area contributed by atoms with Crippen molar-refractivity contribution in [3.05, 3.63) is 0 Å². The van der Waals surface area contributed by atoms with E-state index >= 15 is 0 Å². The fourth-order valence-electron chi connectivity index (χ4n) is 0.764. The van der Waals surface area contributed by atoms with Gasteiger partial charge in [0.05, 0.1) is 13.2 Å². The van der Waals surface area contributed by atoms with Crippen LogP contribution in [-0.4, -0.2) is 31.0 Å². The van der Waals surface area contributed by atoms with Crippen LogP contribution < -0.4 is 16.5 Å². The second-order valence-electron chi connectivity index (χ2n) is 2.09. The zero-order chi connectivity index (χ0) is 8.10. The molecular weight excluding hydrogens is 146 g/mol. The second kappa shape index (κ2) is 4.12. The molecule has 0 aromatic heterocycles. The van der Waals surface area contributed by atoms with Crippen molar-refractivity contribution in [3.63, 3.8) is 0 Å². The van der Waals surface area contributed by atoms with Gasteiger partial charge in [0.1, 0.15) is 5.84 Å². The van der Waals surface area contributed by atoms with Gasteiger partial charge in [-0.1, -0.05) is 0 Å². The highest BCUT2D eigenvalue weighted by Crippen LogP contribution is 1.89. The minimum absolute atomic E-state index is 0.609. The SMILES string of the molecule is CNOCCN1NNN=C1C. The molecule has 1 heterocycles. The molecular formula is C5H13N5O. The molecule has 0 atom stereocenters. The Labute approximate surface area is 65.5 Å². The zero-order valence-electron chi connectivity index (χ0n) is 6.72. The summed E-state index contributed by atoms with van der Waals surface area (Å²) in [7, 11) is 1.73. The molecule has 0 spiro atoms. The van der Waals surface area contributed by atoms with Crippen LogP contribution in [-0.2, 0) is 4.84 Å². The molecule has 0 unspecified atom stereocenters. The molecule has 1 aliphatic rings. The molecule has 0 saturated carbocycles. The minimum atomic E-state index is 0.609. The smallest absolute Gasteiger partial charge is 0.138 e. The van der Waals surface area contributed by atoms with Crippen molar-refractivity contribution in [2.45, 2.75) is 6.92 Å². The third-order valence-electron chi connectivity index (χ3n) is 1.35. The van der Waals surface area contributed by atoms with Gasteiger partial charge in [0.15, 0.2) is 0 Å². The number of hydrogen-bond donors (Lipinski definition) is 3. The first-order valence-corrected chi connectivity index (χ1v) is 3.45. The van der Waals surface area contributed by atoms with Crippen LogP contribution in [0.5, 0.6) is 0 Å². The van der Waals surface area contributed by atoms with Gasteiger partial charge < -0.3 is 4.84 Å². The van der Waals surface area contributed by atoms with Crippen molar-refractivity contribution in [3.8, 4) is 0 Å². The number of hydrazine groups is 2. The normalized spacial score (nSPS) is 16.5. The van der Waals surface area contributed by atoms with Crippen LogP contribution in [0.1, 0.15) is 6.92 Å². The molecule has 0 aromatic carbocycles. The predicted molar refractivity (Wildman–Crippen MR) is 41.1 cm³/mol. The number of hydrazone groups is 1. The standard InChI is InChI=1S/C5H13N5O/c1-5-7-8-9-10(5)3-4-11-6-2/h6,8-9H,3-4H2,1-2H3. The van der Waals surface area contributed by atoms with Crippen LogP contribution >= 0.6 is 0 Å². The highest BCUT2D eigenvalue weighted by molar-refractivity contribution is 5.79. The number of hydrogen-bond acceptors (Lipinski definition) is 6. The maximum atomic E-state index is 4.93. The van der Waals surface area contributed by atoms with Gasteiger partial charge in [-0.25, -0.2) is 11.0 Å². The Balaban J connectivity index is 2.12. The van der Waals surface area contributed by atoms with Gasteiger partial charge >= 0.3 is 0 Å². The lowest BCUT2D eigenvalue weighted by atomic mass is 10.6. The molecule has 0 amide bonds. The van der Waals surface area contributed by atoms with Crippen LogP contribution in [0.15, 0.2) is 5.10 Å². The fourth-order valence-corrected chi connectivity index (χ4v) is 0.764. The Morgan fingerprint density at radius 3 is 3.09 bits per heavy atom. The number of hydroxylamine groups is 1. The average Bonchev–Trinajstić information content (AvgIpc) is 2.37. The average molecular weight is 159 g/mol. The molecule has 0 radical (unpaired) electrons. The molecule has 64 valence electrons. The highest BCUT2D eigenvalue weighted by atomic mass is 16.6. The van der Waals surface area contributed by atoms with Crippen molar-refractivity contribution in [1.29, 1.82) is 0 Å². The largest absolute Gasteiger partial charge is 0.300 e. The summed E-state index contributed by atoms with van der Waals surface area (Å²) < 4.78 is 0. The van der Waals surface area contributed by atoms with Crippen molar-refractivity contribution in [2.24, 2.45) is 5.10 Å². The van der Waals surface area contributed by atoms with Gasteiger partial charge in [-0.2, -0.15) is 0 Å². The Kier molecular flexibility index (Phi) is 3.09. The van der Waals surface area contributed by atoms with Gasteiger partial charge in [-0.3, -0.25) is 5.01 Å². The quantitative estimate of drug-likeness (QED) is 0.355. The first kappa shape index (κ1) is 8.25. The van der Waals surface area contributed by atoms with Crippen LogP contribution in [0.4, 0.5) is 0 Å². The molecule has 0 bridgehead atoms. The van der Waals surface area contributed by atoms with E-state index in [2.05, 4.69) is 21.7 Å². The van der Waals surface area contributed by atoms with E-state index in [1.165, 1.54) is 0 Å². The molecule has 0 fully saturated rings. The molecule has 1 aliphatic heterocycles. The van der Waals surface area contributed by atoms with Gasteiger partial charge in [-0.15, -0.1) is 10.6 Å². The third kappa shape index (κ3) is 2.34. The molecule has 0 aromatic rings. The summed E-state index contributed by atoms with van der Waals surface area (Å²) in [6, 6.07) is 0. The van der Waals surface area contributed by atoms with E-state index in [1.807, 2.05) is 11.9 Å². The number of nitrogens with one attached hydrogen (secondary N) is 3. The Bertz CT molecular complexity index is 148. The predicted octanol–water partition coefficient (Wildman–Crippen LogP) is -1.20. The van der Waals surface area contributed by atoms with E-state index in [4.69, 9.17) is 4.84 Å². The molecule has 11 heavy (non-hydrogen) atoms. The van der Waals surface area contributed by atoms with Crippen LogP contribution in [0, 0.1) is 0 Å². The van der Waals surface area contributed by atoms with Crippen molar-refractivity contribution < 1.29 is 4.84 Å². The summed E-state index contributed by atoms with van der Waals surface area (Å²) in [5.74, 6) is 0.907. The van der Waals surface area contributed by atoms with Gasteiger partial charge in [0, 0.05) is 7.05 Å². The molecule has 6 nitrogen and oxygen atoms in total. The molecule has 0 saturated heterocycles. The van der Waals surface area contributed by atoms with Crippen LogP contribution in [0.25, 0.3) is 0 Å². The Morgan fingerprint density at radius 1 is 1.73 bits per heavy atom. The summed E-state index contributed by atoms with van der Waals surface area (Å²) in [5.41, 5.74) is 8.07. The Hall–Kier alpha value is -0.850. The van der Waals surface area contributed by atoms with E-state index in [9.17, 15) is 0 Å². The number of amidine groups is 1. The maximum Gasteiger partial charge on any atom is 0.138 e. The van der Waals surface area contributed by atoms with Gasteiger partial charge in [0.25, 0.3) is 0 Å². The molecule has 6 heteroatoms. The Morgan fingerprint density at radius 2 is 2.55 bits per heavy atom. The van der Waals surface area contributed by atoms with E-state index in [-0.39, 0.29) is 0 Å². The van der Waals surface area contributed by atoms with E-state index in [0.29, 0.717) is 6.61 Å². The van der Waals surface area contributed by atoms with Gasteiger partial charge in [-0.05, 0) is 6.92 Å². The molecule has 0 aliphatic carbocycles. The highest BCUT2D eigenvalue weighted by Gasteiger charge is 2.10. The lowest BCUT2D eigenvalue weighted by molar-refractivity contribution is 0.0441. The van der Waals surface area contributed by atoms with Crippen LogP contribution in [0.2, 0.25) is 0 Å². The van der Waals surface area contributed by atoms with Crippen molar-refractivity contribution >= 4 is 5.84 Å². The second-order valence-corrected chi connectivity index (χ2v) is 2.09. The van der Waals surface area contributed by atoms with E-state index < -0.39 is 0 Å². The van der Waals surface area contributed by atoms with Crippen molar-refractivity contribution in [1.82, 2.24) is 21.6 Å². The number of nitrogens with zero attached hydrogens (tertiary/aromatic N) is 2. The number of rotatable bonds is 4. The monoisotopic (exact) mass is 159 g/mol. The third-order valence-corrected chi connectivity index (χ3v) is 1.35. The first-order chi connectivity index (χ1) is 5.34. The summed E-state index contributed by atoms with van der Waals surface area (Å²) in [6.45, 7) is 3.27. The molecule has 3 N–H and O–H groups in total. The molecule has 1 rings (SSSR count). The zero-order valence-corrected chi connectivity index (χ0v) is 6.72. The lowest BCUT2D eigenvalue weighted by Gasteiger charge is -2.15. The summed E-state index contributed by atoms with van der Waals surface area (Å²) in [5, 5.41) is 5.76.